The number of aryl methyl sites for hydroxylation is 1. The van der Waals surface area contributed by atoms with Crippen LogP contribution in [0.5, 0.6) is 0 Å². The monoisotopic (exact) mass is 226 g/mol. The molecule has 0 radical (unpaired) electrons. The molecule has 0 saturated heterocycles. The zero-order valence-corrected chi connectivity index (χ0v) is 9.69. The van der Waals surface area contributed by atoms with Crippen molar-refractivity contribution in [1.82, 2.24) is 5.32 Å². The Labute approximate surface area is 94.8 Å². The Morgan fingerprint density at radius 1 is 1.47 bits per heavy atom. The van der Waals surface area contributed by atoms with E-state index in [1.807, 2.05) is 26.0 Å². The maximum Gasteiger partial charge on any atom is 0.238 e. The van der Waals surface area contributed by atoms with E-state index >= 15 is 0 Å². The van der Waals surface area contributed by atoms with Crippen LogP contribution in [0.2, 0.25) is 5.02 Å². The van der Waals surface area contributed by atoms with E-state index in [-0.39, 0.29) is 5.91 Å². The smallest absolute Gasteiger partial charge is 0.238 e. The standard InChI is InChI=1S/C11H15ClN2O/c1-3-13-7-11(15)14-10-5-4-9(12)6-8(10)2/h4-6,13H,3,7H2,1-2H3,(H,14,15). The van der Waals surface area contributed by atoms with Crippen molar-refractivity contribution in [3.05, 3.63) is 28.8 Å². The summed E-state index contributed by atoms with van der Waals surface area (Å²) in [6, 6.07) is 5.39. The molecule has 0 spiro atoms. The first-order valence-electron chi connectivity index (χ1n) is 4.90. The summed E-state index contributed by atoms with van der Waals surface area (Å²) in [4.78, 5) is 11.4. The fraction of sp³-hybridized carbons (Fsp3) is 0.364. The van der Waals surface area contributed by atoms with Gasteiger partial charge in [0.1, 0.15) is 0 Å². The molecule has 0 heterocycles. The highest BCUT2D eigenvalue weighted by Gasteiger charge is 2.03. The summed E-state index contributed by atoms with van der Waals surface area (Å²) >= 11 is 5.81. The van der Waals surface area contributed by atoms with Crippen LogP contribution in [0, 0.1) is 6.92 Å². The van der Waals surface area contributed by atoms with E-state index in [1.54, 1.807) is 6.07 Å². The zero-order chi connectivity index (χ0) is 11.3. The SMILES string of the molecule is CCNCC(=O)Nc1ccc(Cl)cc1C. The number of benzene rings is 1. The van der Waals surface area contributed by atoms with E-state index in [2.05, 4.69) is 10.6 Å². The van der Waals surface area contributed by atoms with Crippen molar-refractivity contribution < 1.29 is 4.79 Å². The molecule has 1 aromatic carbocycles. The molecule has 1 rings (SSSR count). The highest BCUT2D eigenvalue weighted by molar-refractivity contribution is 6.30. The number of carbonyl (C=O) groups is 1. The number of hydrogen-bond acceptors (Lipinski definition) is 2. The molecular weight excluding hydrogens is 212 g/mol. The van der Waals surface area contributed by atoms with Gasteiger partial charge in [0.2, 0.25) is 5.91 Å². The Bertz CT molecular complexity index is 352. The van der Waals surface area contributed by atoms with Gasteiger partial charge in [-0.1, -0.05) is 18.5 Å². The molecule has 4 heteroatoms. The average Bonchev–Trinajstić information content (AvgIpc) is 2.19. The van der Waals surface area contributed by atoms with Crippen LogP contribution in [0.15, 0.2) is 18.2 Å². The molecule has 0 aliphatic carbocycles. The second-order valence-electron chi connectivity index (χ2n) is 3.29. The third-order valence-corrected chi connectivity index (χ3v) is 2.23. The van der Waals surface area contributed by atoms with Crippen molar-refractivity contribution in [3.8, 4) is 0 Å². The van der Waals surface area contributed by atoms with Gasteiger partial charge in [-0.15, -0.1) is 0 Å². The minimum Gasteiger partial charge on any atom is -0.325 e. The van der Waals surface area contributed by atoms with Crippen LogP contribution in [0.1, 0.15) is 12.5 Å². The fourth-order valence-electron chi connectivity index (χ4n) is 1.20. The Kier molecular flexibility index (Phi) is 4.59. The van der Waals surface area contributed by atoms with E-state index in [0.29, 0.717) is 11.6 Å². The molecule has 0 unspecified atom stereocenters. The van der Waals surface area contributed by atoms with Gasteiger partial charge in [-0.2, -0.15) is 0 Å². The van der Waals surface area contributed by atoms with Gasteiger partial charge < -0.3 is 10.6 Å². The third kappa shape index (κ3) is 3.90. The van der Waals surface area contributed by atoms with Crippen LogP contribution >= 0.6 is 11.6 Å². The number of anilines is 1. The van der Waals surface area contributed by atoms with Crippen LogP contribution in [0.4, 0.5) is 5.69 Å². The lowest BCUT2D eigenvalue weighted by Gasteiger charge is -2.08. The van der Waals surface area contributed by atoms with Crippen LogP contribution in [0.25, 0.3) is 0 Å². The number of likely N-dealkylation sites (N-methyl/N-ethyl adjacent to an activating group) is 1. The summed E-state index contributed by atoms with van der Waals surface area (Å²) in [6.07, 6.45) is 0. The second kappa shape index (κ2) is 5.73. The average molecular weight is 227 g/mol. The molecule has 3 nitrogen and oxygen atoms in total. The molecule has 0 saturated carbocycles. The molecule has 0 aliphatic rings. The molecule has 1 amide bonds. The van der Waals surface area contributed by atoms with Gasteiger partial charge in [0.15, 0.2) is 0 Å². The predicted molar refractivity (Wildman–Crippen MR) is 63.4 cm³/mol. The lowest BCUT2D eigenvalue weighted by Crippen LogP contribution is -2.27. The van der Waals surface area contributed by atoms with E-state index in [0.717, 1.165) is 17.8 Å². The van der Waals surface area contributed by atoms with E-state index in [4.69, 9.17) is 11.6 Å². The van der Waals surface area contributed by atoms with Gasteiger partial charge in [-0.05, 0) is 37.2 Å². The lowest BCUT2D eigenvalue weighted by atomic mass is 10.2. The quantitative estimate of drug-likeness (QED) is 0.827. The molecule has 2 N–H and O–H groups in total. The molecule has 15 heavy (non-hydrogen) atoms. The summed E-state index contributed by atoms with van der Waals surface area (Å²) in [5.74, 6) is -0.0396. The van der Waals surface area contributed by atoms with Gasteiger partial charge in [0.25, 0.3) is 0 Å². The van der Waals surface area contributed by atoms with Crippen LogP contribution in [-0.2, 0) is 4.79 Å². The molecule has 0 aromatic heterocycles. The summed E-state index contributed by atoms with van der Waals surface area (Å²) in [5.41, 5.74) is 1.77. The number of nitrogens with one attached hydrogen (secondary N) is 2. The minimum absolute atomic E-state index is 0.0396. The summed E-state index contributed by atoms with van der Waals surface area (Å²) in [7, 11) is 0. The van der Waals surface area contributed by atoms with E-state index in [9.17, 15) is 4.79 Å². The van der Waals surface area contributed by atoms with Crippen molar-refractivity contribution in [2.75, 3.05) is 18.4 Å². The summed E-state index contributed by atoms with van der Waals surface area (Å²) in [6.45, 7) is 4.99. The topological polar surface area (TPSA) is 41.1 Å². The molecule has 1 aromatic rings. The predicted octanol–water partition coefficient (Wildman–Crippen LogP) is 2.20. The van der Waals surface area contributed by atoms with Gasteiger partial charge in [0, 0.05) is 10.7 Å². The zero-order valence-electron chi connectivity index (χ0n) is 8.93. The van der Waals surface area contributed by atoms with Crippen LogP contribution in [0.3, 0.4) is 0 Å². The third-order valence-electron chi connectivity index (χ3n) is 2.00. The first kappa shape index (κ1) is 12.0. The Balaban J connectivity index is 2.60. The molecule has 0 atom stereocenters. The Morgan fingerprint density at radius 3 is 2.80 bits per heavy atom. The first-order chi connectivity index (χ1) is 7.13. The maximum absolute atomic E-state index is 11.4. The summed E-state index contributed by atoms with van der Waals surface area (Å²) in [5, 5.41) is 6.45. The highest BCUT2D eigenvalue weighted by atomic mass is 35.5. The van der Waals surface area contributed by atoms with Crippen molar-refractivity contribution in [1.29, 1.82) is 0 Å². The number of hydrogen-bond donors (Lipinski definition) is 2. The van der Waals surface area contributed by atoms with E-state index < -0.39 is 0 Å². The van der Waals surface area contributed by atoms with Gasteiger partial charge in [-0.3, -0.25) is 4.79 Å². The minimum atomic E-state index is -0.0396. The maximum atomic E-state index is 11.4. The largest absolute Gasteiger partial charge is 0.325 e. The van der Waals surface area contributed by atoms with Crippen molar-refractivity contribution in [3.63, 3.8) is 0 Å². The van der Waals surface area contributed by atoms with Gasteiger partial charge in [-0.25, -0.2) is 0 Å². The number of halogens is 1. The highest BCUT2D eigenvalue weighted by Crippen LogP contribution is 2.19. The Hall–Kier alpha value is -1.06. The molecule has 0 aliphatic heterocycles. The normalized spacial score (nSPS) is 10.1. The molecule has 0 fully saturated rings. The first-order valence-corrected chi connectivity index (χ1v) is 5.28. The Morgan fingerprint density at radius 2 is 2.20 bits per heavy atom. The van der Waals surface area contributed by atoms with Crippen molar-refractivity contribution in [2.45, 2.75) is 13.8 Å². The number of amides is 1. The molecule has 82 valence electrons. The molecule has 0 bridgehead atoms. The van der Waals surface area contributed by atoms with Crippen molar-refractivity contribution >= 4 is 23.2 Å². The summed E-state index contributed by atoms with van der Waals surface area (Å²) < 4.78 is 0. The van der Waals surface area contributed by atoms with E-state index in [1.165, 1.54) is 0 Å². The van der Waals surface area contributed by atoms with Crippen molar-refractivity contribution in [2.24, 2.45) is 0 Å². The van der Waals surface area contributed by atoms with Gasteiger partial charge in [0.05, 0.1) is 6.54 Å². The number of carbonyl (C=O) groups excluding carboxylic acids is 1. The second-order valence-corrected chi connectivity index (χ2v) is 3.72. The van der Waals surface area contributed by atoms with Crippen LogP contribution < -0.4 is 10.6 Å². The van der Waals surface area contributed by atoms with Crippen LogP contribution in [-0.4, -0.2) is 19.0 Å². The lowest BCUT2D eigenvalue weighted by molar-refractivity contribution is -0.115. The number of rotatable bonds is 4. The molecular formula is C11H15ClN2O. The van der Waals surface area contributed by atoms with Gasteiger partial charge >= 0.3 is 0 Å². The fourth-order valence-corrected chi connectivity index (χ4v) is 1.43.